The van der Waals surface area contributed by atoms with E-state index in [0.29, 0.717) is 12.5 Å². The first-order valence-corrected chi connectivity index (χ1v) is 10.6. The summed E-state index contributed by atoms with van der Waals surface area (Å²) in [5.74, 6) is -0.654. The predicted octanol–water partition coefficient (Wildman–Crippen LogP) is 6.49. The van der Waals surface area contributed by atoms with Gasteiger partial charge in [0.05, 0.1) is 12.7 Å². The normalized spacial score (nSPS) is 16.4. The van der Waals surface area contributed by atoms with Crippen LogP contribution in [0, 0.1) is 0 Å². The quantitative estimate of drug-likeness (QED) is 0.216. The molecule has 0 saturated carbocycles. The lowest BCUT2D eigenvalue weighted by atomic mass is 10.0. The van der Waals surface area contributed by atoms with Crippen LogP contribution in [0.3, 0.4) is 0 Å². The van der Waals surface area contributed by atoms with Crippen LogP contribution in [0.15, 0.2) is 0 Å². The molecule has 0 amide bonds. The SMILES string of the molecule is O=C(O)CCCCCCCCCCCCCCCCCCC1CO1. The minimum Gasteiger partial charge on any atom is -0.481 e. The molecule has 0 aromatic rings. The van der Waals surface area contributed by atoms with Crippen LogP contribution in [-0.4, -0.2) is 23.8 Å². The minimum absolute atomic E-state index is 0.343. The fourth-order valence-corrected chi connectivity index (χ4v) is 3.36. The maximum atomic E-state index is 10.4. The van der Waals surface area contributed by atoms with Crippen molar-refractivity contribution in [2.75, 3.05) is 6.61 Å². The minimum atomic E-state index is -0.654. The summed E-state index contributed by atoms with van der Waals surface area (Å²) < 4.78 is 5.23. The smallest absolute Gasteiger partial charge is 0.303 e. The molecule has 1 aliphatic heterocycles. The average molecular weight is 341 g/mol. The summed E-state index contributed by atoms with van der Waals surface area (Å²) in [6.45, 7) is 1.02. The number of aliphatic carboxylic acids is 1. The van der Waals surface area contributed by atoms with Crippen molar-refractivity contribution in [2.24, 2.45) is 0 Å². The van der Waals surface area contributed by atoms with Gasteiger partial charge in [-0.05, 0) is 12.8 Å². The number of carbonyl (C=O) groups is 1. The molecule has 1 fully saturated rings. The topological polar surface area (TPSA) is 49.8 Å². The molecule has 0 bridgehead atoms. The van der Waals surface area contributed by atoms with Crippen LogP contribution < -0.4 is 0 Å². The van der Waals surface area contributed by atoms with Gasteiger partial charge in [0.1, 0.15) is 0 Å². The van der Waals surface area contributed by atoms with Crippen LogP contribution in [0.5, 0.6) is 0 Å². The second-order valence-electron chi connectivity index (χ2n) is 7.54. The van der Waals surface area contributed by atoms with Gasteiger partial charge in [-0.1, -0.05) is 96.3 Å². The van der Waals surface area contributed by atoms with Gasteiger partial charge in [-0.15, -0.1) is 0 Å². The molecule has 3 heteroatoms. The molecule has 0 aliphatic carbocycles. The molecular weight excluding hydrogens is 300 g/mol. The standard InChI is InChI=1S/C21H40O3/c22-21(23)18-16-14-12-10-8-6-4-2-1-3-5-7-9-11-13-15-17-20-19-24-20/h20H,1-19H2,(H,22,23). The van der Waals surface area contributed by atoms with Crippen molar-refractivity contribution in [3.63, 3.8) is 0 Å². The van der Waals surface area contributed by atoms with Crippen molar-refractivity contribution in [3.05, 3.63) is 0 Å². The van der Waals surface area contributed by atoms with Gasteiger partial charge in [-0.25, -0.2) is 0 Å². The molecule has 1 rings (SSSR count). The molecule has 1 atom stereocenters. The van der Waals surface area contributed by atoms with E-state index >= 15 is 0 Å². The fourth-order valence-electron chi connectivity index (χ4n) is 3.36. The Morgan fingerprint density at radius 3 is 1.33 bits per heavy atom. The van der Waals surface area contributed by atoms with Crippen molar-refractivity contribution < 1.29 is 14.6 Å². The highest BCUT2D eigenvalue weighted by Gasteiger charge is 2.20. The molecule has 1 heterocycles. The molecule has 24 heavy (non-hydrogen) atoms. The molecule has 0 radical (unpaired) electrons. The van der Waals surface area contributed by atoms with Crippen LogP contribution in [0.4, 0.5) is 0 Å². The van der Waals surface area contributed by atoms with Gasteiger partial charge < -0.3 is 9.84 Å². The summed E-state index contributed by atoms with van der Waals surface area (Å²) in [5.41, 5.74) is 0. The summed E-state index contributed by atoms with van der Waals surface area (Å²) in [5, 5.41) is 8.56. The zero-order valence-corrected chi connectivity index (χ0v) is 15.8. The monoisotopic (exact) mass is 340 g/mol. The maximum Gasteiger partial charge on any atom is 0.303 e. The van der Waals surface area contributed by atoms with Crippen molar-refractivity contribution in [1.82, 2.24) is 0 Å². The summed E-state index contributed by atoms with van der Waals surface area (Å²) in [6.07, 6.45) is 23.5. The second kappa shape index (κ2) is 15.9. The third kappa shape index (κ3) is 16.3. The first kappa shape index (κ1) is 21.5. The van der Waals surface area contributed by atoms with E-state index in [1.165, 1.54) is 96.3 Å². The number of hydrogen-bond acceptors (Lipinski definition) is 2. The highest BCUT2D eigenvalue weighted by molar-refractivity contribution is 5.66. The van der Waals surface area contributed by atoms with Crippen LogP contribution >= 0.6 is 0 Å². The van der Waals surface area contributed by atoms with E-state index in [-0.39, 0.29) is 0 Å². The van der Waals surface area contributed by atoms with Crippen LogP contribution in [-0.2, 0) is 9.53 Å². The van der Waals surface area contributed by atoms with E-state index in [9.17, 15) is 4.79 Å². The number of carboxylic acids is 1. The Labute approximate surface area is 149 Å². The molecule has 0 aromatic heterocycles. The van der Waals surface area contributed by atoms with Gasteiger partial charge in [-0.3, -0.25) is 4.79 Å². The predicted molar refractivity (Wildman–Crippen MR) is 100 cm³/mol. The van der Waals surface area contributed by atoms with Gasteiger partial charge in [0.25, 0.3) is 0 Å². The number of hydrogen-bond donors (Lipinski definition) is 1. The number of rotatable bonds is 19. The van der Waals surface area contributed by atoms with E-state index in [1.807, 2.05) is 0 Å². The third-order valence-corrected chi connectivity index (χ3v) is 5.07. The number of ether oxygens (including phenoxy) is 1. The Kier molecular flexibility index (Phi) is 14.3. The van der Waals surface area contributed by atoms with E-state index in [2.05, 4.69) is 0 Å². The van der Waals surface area contributed by atoms with E-state index in [1.54, 1.807) is 0 Å². The molecule has 1 saturated heterocycles. The first-order chi connectivity index (χ1) is 11.8. The Balaban J connectivity index is 1.61. The summed E-state index contributed by atoms with van der Waals surface area (Å²) in [7, 11) is 0. The molecule has 142 valence electrons. The lowest BCUT2D eigenvalue weighted by Crippen LogP contribution is -1.93. The third-order valence-electron chi connectivity index (χ3n) is 5.07. The fraction of sp³-hybridized carbons (Fsp3) is 0.952. The molecule has 3 nitrogen and oxygen atoms in total. The molecule has 1 unspecified atom stereocenters. The Hall–Kier alpha value is -0.570. The summed E-state index contributed by atoms with van der Waals surface area (Å²) in [6, 6.07) is 0. The first-order valence-electron chi connectivity index (χ1n) is 10.6. The van der Waals surface area contributed by atoms with Crippen LogP contribution in [0.2, 0.25) is 0 Å². The van der Waals surface area contributed by atoms with Crippen molar-refractivity contribution >= 4 is 5.97 Å². The largest absolute Gasteiger partial charge is 0.481 e. The zero-order chi connectivity index (χ0) is 17.3. The lowest BCUT2D eigenvalue weighted by molar-refractivity contribution is -0.137. The van der Waals surface area contributed by atoms with Crippen LogP contribution in [0.25, 0.3) is 0 Å². The highest BCUT2D eigenvalue weighted by Crippen LogP contribution is 2.18. The van der Waals surface area contributed by atoms with E-state index in [0.717, 1.165) is 19.4 Å². The number of unbranched alkanes of at least 4 members (excludes halogenated alkanes) is 15. The van der Waals surface area contributed by atoms with Gasteiger partial charge in [-0.2, -0.15) is 0 Å². The van der Waals surface area contributed by atoms with Gasteiger partial charge in [0.2, 0.25) is 0 Å². The van der Waals surface area contributed by atoms with Crippen molar-refractivity contribution in [1.29, 1.82) is 0 Å². The Morgan fingerprint density at radius 1 is 0.667 bits per heavy atom. The summed E-state index contributed by atoms with van der Waals surface area (Å²) in [4.78, 5) is 10.4. The number of carboxylic acid groups (broad SMARTS) is 1. The van der Waals surface area contributed by atoms with E-state index in [4.69, 9.17) is 9.84 Å². The van der Waals surface area contributed by atoms with E-state index < -0.39 is 5.97 Å². The average Bonchev–Trinajstić information content (AvgIpc) is 3.37. The molecular formula is C21H40O3. The number of epoxide rings is 1. The van der Waals surface area contributed by atoms with Crippen LogP contribution in [0.1, 0.15) is 116 Å². The highest BCUT2D eigenvalue weighted by atomic mass is 16.6. The summed E-state index contributed by atoms with van der Waals surface area (Å²) >= 11 is 0. The molecule has 1 N–H and O–H groups in total. The van der Waals surface area contributed by atoms with Gasteiger partial charge in [0, 0.05) is 6.42 Å². The second-order valence-corrected chi connectivity index (χ2v) is 7.54. The van der Waals surface area contributed by atoms with Crippen molar-refractivity contribution in [2.45, 2.75) is 122 Å². The Morgan fingerprint density at radius 2 is 1.00 bits per heavy atom. The van der Waals surface area contributed by atoms with Crippen molar-refractivity contribution in [3.8, 4) is 0 Å². The van der Waals surface area contributed by atoms with Gasteiger partial charge >= 0.3 is 5.97 Å². The zero-order valence-electron chi connectivity index (χ0n) is 15.8. The molecule has 0 aromatic carbocycles. The molecule has 1 aliphatic rings. The van der Waals surface area contributed by atoms with Gasteiger partial charge in [0.15, 0.2) is 0 Å². The lowest BCUT2D eigenvalue weighted by Gasteiger charge is -2.03. The maximum absolute atomic E-state index is 10.4. The Bertz CT molecular complexity index is 287. The molecule has 0 spiro atoms.